The number of ketones is 1. The minimum absolute atomic E-state index is 0.0641. The molecule has 2 aromatic carbocycles. The first kappa shape index (κ1) is 17.8. The number of rotatable bonds is 8. The molecule has 5 heteroatoms. The second-order valence-corrected chi connectivity index (χ2v) is 5.63. The van der Waals surface area contributed by atoms with Gasteiger partial charge in [-0.05, 0) is 18.1 Å². The van der Waals surface area contributed by atoms with Crippen LogP contribution in [0.2, 0.25) is 0 Å². The van der Waals surface area contributed by atoms with Gasteiger partial charge in [-0.2, -0.15) is 0 Å². The Hall–Kier alpha value is -2.50. The van der Waals surface area contributed by atoms with Crippen LogP contribution >= 0.6 is 0 Å². The van der Waals surface area contributed by atoms with Gasteiger partial charge in [-0.25, -0.2) is 0 Å². The second kappa shape index (κ2) is 8.38. The maximum atomic E-state index is 12.3. The Bertz CT molecular complexity index is 672. The Morgan fingerprint density at radius 3 is 2.21 bits per heavy atom. The molecule has 126 valence electrons. The molecule has 2 aromatic rings. The van der Waals surface area contributed by atoms with Gasteiger partial charge >= 0.3 is 0 Å². The first-order chi connectivity index (χ1) is 11.6. The molecule has 0 saturated carbocycles. The van der Waals surface area contributed by atoms with E-state index < -0.39 is 17.5 Å². The lowest BCUT2D eigenvalue weighted by molar-refractivity contribution is -0.149. The summed E-state index contributed by atoms with van der Waals surface area (Å²) in [7, 11) is 0. The van der Waals surface area contributed by atoms with Crippen molar-refractivity contribution < 1.29 is 19.8 Å². The fourth-order valence-electron chi connectivity index (χ4n) is 2.44. The summed E-state index contributed by atoms with van der Waals surface area (Å²) < 4.78 is 5.72. The van der Waals surface area contributed by atoms with E-state index >= 15 is 0 Å². The van der Waals surface area contributed by atoms with Crippen LogP contribution in [0.1, 0.15) is 18.1 Å². The SMILES string of the molecule is C[C@H](OCc1ccccc1)[C@@](O)(Cc1ccccc1)C(=O)C=NO. The fraction of sp³-hybridized carbons (Fsp3) is 0.263. The van der Waals surface area contributed by atoms with Gasteiger partial charge in [0.2, 0.25) is 5.78 Å². The van der Waals surface area contributed by atoms with Gasteiger partial charge in [0.15, 0.2) is 5.60 Å². The molecule has 5 nitrogen and oxygen atoms in total. The van der Waals surface area contributed by atoms with Gasteiger partial charge in [0.05, 0.1) is 12.7 Å². The summed E-state index contributed by atoms with van der Waals surface area (Å²) in [6, 6.07) is 18.6. The van der Waals surface area contributed by atoms with E-state index in [1.165, 1.54) is 0 Å². The molecule has 2 atom stereocenters. The Morgan fingerprint density at radius 1 is 1.12 bits per heavy atom. The molecule has 0 heterocycles. The van der Waals surface area contributed by atoms with E-state index in [1.807, 2.05) is 60.7 Å². The maximum Gasteiger partial charge on any atom is 0.211 e. The van der Waals surface area contributed by atoms with E-state index in [0.29, 0.717) is 6.21 Å². The maximum absolute atomic E-state index is 12.3. The van der Waals surface area contributed by atoms with Crippen molar-refractivity contribution in [3.63, 3.8) is 0 Å². The first-order valence-electron chi connectivity index (χ1n) is 7.70. The molecule has 0 fully saturated rings. The molecule has 0 saturated heterocycles. The molecule has 0 unspecified atom stereocenters. The van der Waals surface area contributed by atoms with E-state index in [1.54, 1.807) is 6.92 Å². The number of benzene rings is 2. The number of nitrogens with zero attached hydrogens (tertiary/aromatic N) is 1. The van der Waals surface area contributed by atoms with Crippen LogP contribution in [0.5, 0.6) is 0 Å². The van der Waals surface area contributed by atoms with E-state index in [4.69, 9.17) is 9.94 Å². The molecule has 0 aliphatic carbocycles. The average Bonchev–Trinajstić information content (AvgIpc) is 2.61. The molecular formula is C19H21NO4. The number of aliphatic hydroxyl groups is 1. The van der Waals surface area contributed by atoms with E-state index in [0.717, 1.165) is 11.1 Å². The fourth-order valence-corrected chi connectivity index (χ4v) is 2.44. The molecule has 2 rings (SSSR count). The smallest absolute Gasteiger partial charge is 0.211 e. The normalized spacial score (nSPS) is 15.1. The third-order valence-electron chi connectivity index (χ3n) is 3.93. The average molecular weight is 327 g/mol. The van der Waals surface area contributed by atoms with E-state index in [2.05, 4.69) is 5.16 Å². The Balaban J connectivity index is 2.16. The number of carbonyl (C=O) groups excluding carboxylic acids is 1. The number of carbonyl (C=O) groups is 1. The third-order valence-corrected chi connectivity index (χ3v) is 3.93. The second-order valence-electron chi connectivity index (χ2n) is 5.63. The summed E-state index contributed by atoms with van der Waals surface area (Å²) in [6.45, 7) is 1.90. The molecule has 24 heavy (non-hydrogen) atoms. The summed E-state index contributed by atoms with van der Waals surface area (Å²) in [5, 5.41) is 22.3. The standard InChI is InChI=1S/C19H21NO4/c1-15(24-14-17-10-6-3-7-11-17)19(22,18(21)13-20-23)12-16-8-4-2-5-9-16/h2-11,13,15,22-23H,12,14H2,1H3/t15-,19-/m0/s1. The van der Waals surface area contributed by atoms with Crippen molar-refractivity contribution in [1.82, 2.24) is 0 Å². The van der Waals surface area contributed by atoms with Crippen LogP contribution in [0, 0.1) is 0 Å². The van der Waals surface area contributed by atoms with Crippen LogP contribution in [-0.2, 0) is 22.6 Å². The number of Topliss-reactive ketones (excluding diaryl/α,β-unsaturated/α-hetero) is 1. The zero-order valence-electron chi connectivity index (χ0n) is 13.5. The predicted molar refractivity (Wildman–Crippen MR) is 91.1 cm³/mol. The number of hydrogen-bond donors (Lipinski definition) is 2. The van der Waals surface area contributed by atoms with Gasteiger partial charge in [-0.1, -0.05) is 65.8 Å². The first-order valence-corrected chi connectivity index (χ1v) is 7.70. The predicted octanol–water partition coefficient (Wildman–Crippen LogP) is 2.59. The number of oxime groups is 1. The molecule has 2 N–H and O–H groups in total. The monoisotopic (exact) mass is 327 g/mol. The summed E-state index contributed by atoms with van der Waals surface area (Å²) in [4.78, 5) is 12.3. The zero-order valence-corrected chi connectivity index (χ0v) is 13.5. The topological polar surface area (TPSA) is 79.1 Å². The van der Waals surface area contributed by atoms with Crippen molar-refractivity contribution in [2.75, 3.05) is 0 Å². The molecule has 0 spiro atoms. The molecule has 0 bridgehead atoms. The molecule has 0 radical (unpaired) electrons. The molecule has 0 aromatic heterocycles. The summed E-state index contributed by atoms with van der Waals surface area (Å²) in [6.07, 6.45) is -0.0108. The van der Waals surface area contributed by atoms with Gasteiger partial charge in [0, 0.05) is 6.42 Å². The van der Waals surface area contributed by atoms with Crippen molar-refractivity contribution in [3.8, 4) is 0 Å². The van der Waals surface area contributed by atoms with E-state index in [9.17, 15) is 9.90 Å². The minimum Gasteiger partial charge on any atom is -0.411 e. The van der Waals surface area contributed by atoms with Gasteiger partial charge in [-0.15, -0.1) is 0 Å². The van der Waals surface area contributed by atoms with Crippen LogP contribution in [0.4, 0.5) is 0 Å². The van der Waals surface area contributed by atoms with Crippen LogP contribution in [0.25, 0.3) is 0 Å². The summed E-state index contributed by atoms with van der Waals surface area (Å²) >= 11 is 0. The van der Waals surface area contributed by atoms with Crippen molar-refractivity contribution >= 4 is 12.0 Å². The number of hydrogen-bond acceptors (Lipinski definition) is 5. The molecule has 0 aliphatic heterocycles. The Morgan fingerprint density at radius 2 is 1.67 bits per heavy atom. The lowest BCUT2D eigenvalue weighted by Crippen LogP contribution is -2.51. The van der Waals surface area contributed by atoms with Crippen molar-refractivity contribution in [2.45, 2.75) is 31.7 Å². The Labute approximate surface area is 141 Å². The van der Waals surface area contributed by atoms with Crippen molar-refractivity contribution in [1.29, 1.82) is 0 Å². The third kappa shape index (κ3) is 4.50. The van der Waals surface area contributed by atoms with Gasteiger partial charge in [-0.3, -0.25) is 4.79 Å². The van der Waals surface area contributed by atoms with Crippen LogP contribution < -0.4 is 0 Å². The zero-order chi connectivity index (χ0) is 17.4. The highest BCUT2D eigenvalue weighted by atomic mass is 16.5. The van der Waals surface area contributed by atoms with Crippen molar-refractivity contribution in [2.24, 2.45) is 5.16 Å². The number of ether oxygens (including phenoxy) is 1. The van der Waals surface area contributed by atoms with Gasteiger partial charge in [0.1, 0.15) is 6.21 Å². The highest BCUT2D eigenvalue weighted by molar-refractivity contribution is 6.31. The molecule has 0 amide bonds. The van der Waals surface area contributed by atoms with Crippen LogP contribution in [0.15, 0.2) is 65.8 Å². The van der Waals surface area contributed by atoms with Crippen LogP contribution in [0.3, 0.4) is 0 Å². The Kier molecular flexibility index (Phi) is 6.23. The highest BCUT2D eigenvalue weighted by Gasteiger charge is 2.41. The van der Waals surface area contributed by atoms with Gasteiger partial charge in [0.25, 0.3) is 0 Å². The molecule has 0 aliphatic rings. The summed E-state index contributed by atoms with van der Waals surface area (Å²) in [5.41, 5.74) is -0.0907. The summed E-state index contributed by atoms with van der Waals surface area (Å²) in [5.74, 6) is -0.700. The molecular weight excluding hydrogens is 306 g/mol. The highest BCUT2D eigenvalue weighted by Crippen LogP contribution is 2.22. The lowest BCUT2D eigenvalue weighted by atomic mass is 9.86. The minimum atomic E-state index is -1.82. The van der Waals surface area contributed by atoms with Crippen LogP contribution in [-0.4, -0.2) is 34.0 Å². The largest absolute Gasteiger partial charge is 0.411 e. The lowest BCUT2D eigenvalue weighted by Gasteiger charge is -2.31. The van der Waals surface area contributed by atoms with E-state index in [-0.39, 0.29) is 13.0 Å². The quantitative estimate of drug-likeness (QED) is 0.444. The van der Waals surface area contributed by atoms with Gasteiger partial charge < -0.3 is 15.1 Å². The van der Waals surface area contributed by atoms with Crippen molar-refractivity contribution in [3.05, 3.63) is 71.8 Å².